The van der Waals surface area contributed by atoms with Gasteiger partial charge in [-0.1, -0.05) is 48.6 Å². The fourth-order valence-electron chi connectivity index (χ4n) is 2.53. The standard InChI is InChI=1S/C22H26N2O4/c1-4-8-17-11-12-19(20(13-17)27-3)28-15-21(25)24-16(2)22(26)23-14-18-9-6-5-7-10-18/h4-13,16H,14-15H2,1-3H3,(H,23,26)(H,24,25)/b8-4+. The van der Waals surface area contributed by atoms with Crippen molar-refractivity contribution in [1.29, 1.82) is 0 Å². The van der Waals surface area contributed by atoms with E-state index in [-0.39, 0.29) is 18.4 Å². The van der Waals surface area contributed by atoms with Crippen molar-refractivity contribution in [2.45, 2.75) is 26.4 Å². The Morgan fingerprint density at radius 2 is 1.86 bits per heavy atom. The minimum Gasteiger partial charge on any atom is -0.493 e. The molecule has 0 spiro atoms. The molecule has 6 heteroatoms. The van der Waals surface area contributed by atoms with E-state index >= 15 is 0 Å². The molecule has 2 rings (SSSR count). The van der Waals surface area contributed by atoms with Gasteiger partial charge >= 0.3 is 0 Å². The predicted octanol–water partition coefficient (Wildman–Crippen LogP) is 2.93. The lowest BCUT2D eigenvalue weighted by Crippen LogP contribution is -2.46. The molecule has 0 saturated heterocycles. The monoisotopic (exact) mass is 382 g/mol. The van der Waals surface area contributed by atoms with Gasteiger partial charge < -0.3 is 20.1 Å². The SMILES string of the molecule is C/C=C/c1ccc(OCC(=O)NC(C)C(=O)NCc2ccccc2)c(OC)c1. The Kier molecular flexibility index (Phi) is 8.09. The number of hydrogen-bond acceptors (Lipinski definition) is 4. The first-order valence-electron chi connectivity index (χ1n) is 9.08. The van der Waals surface area contributed by atoms with Gasteiger partial charge in [-0.05, 0) is 37.1 Å². The van der Waals surface area contributed by atoms with Gasteiger partial charge in [-0.3, -0.25) is 9.59 Å². The maximum absolute atomic E-state index is 12.1. The molecule has 0 saturated carbocycles. The van der Waals surface area contributed by atoms with Crippen LogP contribution in [0.4, 0.5) is 0 Å². The highest BCUT2D eigenvalue weighted by Gasteiger charge is 2.16. The van der Waals surface area contributed by atoms with Crippen LogP contribution in [0.1, 0.15) is 25.0 Å². The molecular formula is C22H26N2O4. The Labute approximate surface area is 165 Å². The fourth-order valence-corrected chi connectivity index (χ4v) is 2.53. The summed E-state index contributed by atoms with van der Waals surface area (Å²) in [5.41, 5.74) is 1.96. The number of rotatable bonds is 9. The average Bonchev–Trinajstić information content (AvgIpc) is 2.71. The molecule has 0 radical (unpaired) electrons. The summed E-state index contributed by atoms with van der Waals surface area (Å²) in [6, 6.07) is 14.3. The van der Waals surface area contributed by atoms with Gasteiger partial charge in [0, 0.05) is 6.54 Å². The van der Waals surface area contributed by atoms with Crippen molar-refractivity contribution in [3.05, 3.63) is 65.7 Å². The molecule has 1 unspecified atom stereocenters. The van der Waals surface area contributed by atoms with Crippen LogP contribution < -0.4 is 20.1 Å². The van der Waals surface area contributed by atoms with Crippen LogP contribution in [-0.4, -0.2) is 31.6 Å². The molecule has 0 aliphatic heterocycles. The number of allylic oxidation sites excluding steroid dienone is 1. The minimum absolute atomic E-state index is 0.213. The van der Waals surface area contributed by atoms with E-state index in [0.29, 0.717) is 18.0 Å². The lowest BCUT2D eigenvalue weighted by Gasteiger charge is -2.15. The summed E-state index contributed by atoms with van der Waals surface area (Å²) >= 11 is 0. The first-order chi connectivity index (χ1) is 13.5. The minimum atomic E-state index is -0.668. The number of carbonyl (C=O) groups excluding carboxylic acids is 2. The number of nitrogens with one attached hydrogen (secondary N) is 2. The smallest absolute Gasteiger partial charge is 0.258 e. The van der Waals surface area contributed by atoms with Gasteiger partial charge in [0.05, 0.1) is 7.11 Å². The van der Waals surface area contributed by atoms with Gasteiger partial charge in [0.15, 0.2) is 18.1 Å². The molecule has 0 aliphatic rings. The van der Waals surface area contributed by atoms with Gasteiger partial charge in [0.1, 0.15) is 6.04 Å². The van der Waals surface area contributed by atoms with E-state index in [1.165, 1.54) is 0 Å². The lowest BCUT2D eigenvalue weighted by atomic mass is 10.2. The van der Waals surface area contributed by atoms with Crippen LogP contribution in [0.15, 0.2) is 54.6 Å². The molecule has 0 aromatic heterocycles. The molecule has 0 heterocycles. The van der Waals surface area contributed by atoms with Crippen LogP contribution in [0, 0.1) is 0 Å². The van der Waals surface area contributed by atoms with E-state index in [9.17, 15) is 9.59 Å². The molecule has 2 aromatic rings. The molecule has 148 valence electrons. The Bertz CT molecular complexity index is 819. The lowest BCUT2D eigenvalue weighted by molar-refractivity contribution is -0.129. The number of methoxy groups -OCH3 is 1. The van der Waals surface area contributed by atoms with Crippen LogP contribution in [0.2, 0.25) is 0 Å². The van der Waals surface area contributed by atoms with E-state index in [4.69, 9.17) is 9.47 Å². The zero-order chi connectivity index (χ0) is 20.4. The highest BCUT2D eigenvalue weighted by molar-refractivity contribution is 5.87. The molecule has 2 N–H and O–H groups in total. The number of hydrogen-bond donors (Lipinski definition) is 2. The maximum Gasteiger partial charge on any atom is 0.258 e. The van der Waals surface area contributed by atoms with Crippen LogP contribution in [0.25, 0.3) is 6.08 Å². The first-order valence-corrected chi connectivity index (χ1v) is 9.08. The second-order valence-corrected chi connectivity index (χ2v) is 6.19. The molecule has 2 aromatic carbocycles. The maximum atomic E-state index is 12.1. The summed E-state index contributed by atoms with van der Waals surface area (Å²) in [6.07, 6.45) is 3.86. The Balaban J connectivity index is 1.82. The topological polar surface area (TPSA) is 76.7 Å². The van der Waals surface area contributed by atoms with Crippen LogP contribution in [0.5, 0.6) is 11.5 Å². The molecule has 0 aliphatic carbocycles. The van der Waals surface area contributed by atoms with E-state index < -0.39 is 6.04 Å². The highest BCUT2D eigenvalue weighted by Crippen LogP contribution is 2.28. The average molecular weight is 382 g/mol. The Morgan fingerprint density at radius 3 is 2.54 bits per heavy atom. The zero-order valence-corrected chi connectivity index (χ0v) is 16.4. The van der Waals surface area contributed by atoms with Crippen LogP contribution in [0.3, 0.4) is 0 Å². The van der Waals surface area contributed by atoms with Crippen molar-refractivity contribution in [3.8, 4) is 11.5 Å². The summed E-state index contributed by atoms with van der Waals surface area (Å²) < 4.78 is 10.8. The van der Waals surface area contributed by atoms with Crippen molar-refractivity contribution in [1.82, 2.24) is 10.6 Å². The molecule has 1 atom stereocenters. The van der Waals surface area contributed by atoms with E-state index in [1.807, 2.05) is 61.5 Å². The Morgan fingerprint density at radius 1 is 1.11 bits per heavy atom. The fraction of sp³-hybridized carbons (Fsp3) is 0.273. The molecule has 0 bridgehead atoms. The predicted molar refractivity (Wildman–Crippen MR) is 109 cm³/mol. The summed E-state index contributed by atoms with van der Waals surface area (Å²) in [5.74, 6) is 0.358. The number of amides is 2. The van der Waals surface area contributed by atoms with Crippen molar-refractivity contribution >= 4 is 17.9 Å². The van der Waals surface area contributed by atoms with Crippen molar-refractivity contribution in [3.63, 3.8) is 0 Å². The normalized spacial score (nSPS) is 11.7. The summed E-state index contributed by atoms with van der Waals surface area (Å²) in [7, 11) is 1.54. The summed E-state index contributed by atoms with van der Waals surface area (Å²) in [4.78, 5) is 24.2. The molecular weight excluding hydrogens is 356 g/mol. The highest BCUT2D eigenvalue weighted by atomic mass is 16.5. The molecule has 2 amide bonds. The zero-order valence-electron chi connectivity index (χ0n) is 16.4. The first kappa shape index (κ1) is 21.0. The van der Waals surface area contributed by atoms with Crippen molar-refractivity contribution in [2.75, 3.05) is 13.7 Å². The molecule has 0 fully saturated rings. The van der Waals surface area contributed by atoms with Crippen molar-refractivity contribution in [2.24, 2.45) is 0 Å². The Hall–Kier alpha value is -3.28. The second-order valence-electron chi connectivity index (χ2n) is 6.19. The third-order valence-electron chi connectivity index (χ3n) is 3.99. The largest absolute Gasteiger partial charge is 0.493 e. The van der Waals surface area contributed by atoms with Gasteiger partial charge in [-0.2, -0.15) is 0 Å². The number of benzene rings is 2. The second kappa shape index (κ2) is 10.8. The number of carbonyl (C=O) groups is 2. The van der Waals surface area contributed by atoms with Crippen LogP contribution in [-0.2, 0) is 16.1 Å². The third kappa shape index (κ3) is 6.46. The summed E-state index contributed by atoms with van der Waals surface area (Å²) in [6.45, 7) is 3.75. The van der Waals surface area contributed by atoms with E-state index in [0.717, 1.165) is 11.1 Å². The van der Waals surface area contributed by atoms with Gasteiger partial charge in [0.2, 0.25) is 5.91 Å². The molecule has 6 nitrogen and oxygen atoms in total. The van der Waals surface area contributed by atoms with Crippen molar-refractivity contribution < 1.29 is 19.1 Å². The quantitative estimate of drug-likeness (QED) is 0.699. The molecule has 28 heavy (non-hydrogen) atoms. The number of ether oxygens (including phenoxy) is 2. The third-order valence-corrected chi connectivity index (χ3v) is 3.99. The summed E-state index contributed by atoms with van der Waals surface area (Å²) in [5, 5.41) is 5.42. The van der Waals surface area contributed by atoms with Gasteiger partial charge in [-0.25, -0.2) is 0 Å². The van der Waals surface area contributed by atoms with Gasteiger partial charge in [-0.15, -0.1) is 0 Å². The van der Waals surface area contributed by atoms with Crippen LogP contribution >= 0.6 is 0 Å². The van der Waals surface area contributed by atoms with E-state index in [1.54, 1.807) is 20.1 Å². The van der Waals surface area contributed by atoms with Gasteiger partial charge in [0.25, 0.3) is 5.91 Å². The van der Waals surface area contributed by atoms with E-state index in [2.05, 4.69) is 10.6 Å².